The maximum absolute atomic E-state index is 12.9. The van der Waals surface area contributed by atoms with Crippen LogP contribution >= 0.6 is 11.6 Å². The Kier molecular flexibility index (Phi) is 4.77. The Morgan fingerprint density at radius 1 is 1.47 bits per heavy atom. The molecule has 1 aliphatic heterocycles. The summed E-state index contributed by atoms with van der Waals surface area (Å²) in [5, 5.41) is 2.99. The minimum absolute atomic E-state index is 0.145. The molecule has 0 aliphatic carbocycles. The molecule has 1 amide bonds. The smallest absolute Gasteiger partial charge is 0.252 e. The second kappa shape index (κ2) is 6.35. The van der Waals surface area contributed by atoms with E-state index in [0.717, 1.165) is 19.2 Å². The molecule has 0 spiro atoms. The van der Waals surface area contributed by atoms with Gasteiger partial charge in [0.25, 0.3) is 5.91 Å². The number of rotatable bonds is 4. The monoisotopic (exact) mass is 284 g/mol. The molecule has 1 unspecified atom stereocenters. The number of halogens is 2. The molecule has 0 bridgehead atoms. The number of carbonyl (C=O) groups excluding carboxylic acids is 1. The van der Waals surface area contributed by atoms with E-state index in [1.807, 2.05) is 0 Å². The van der Waals surface area contributed by atoms with Gasteiger partial charge in [0.2, 0.25) is 0 Å². The lowest BCUT2D eigenvalue weighted by molar-refractivity contribution is 0.0940. The minimum atomic E-state index is -0.438. The molecule has 0 radical (unpaired) electrons. The number of amides is 1. The fourth-order valence-corrected chi connectivity index (χ4v) is 2.57. The molecular weight excluding hydrogens is 267 g/mol. The lowest BCUT2D eigenvalue weighted by atomic mass is 10.2. The summed E-state index contributed by atoms with van der Waals surface area (Å²) in [5.74, 6) is -0.692. The number of benzene rings is 1. The SMILES string of the molecule is CC(CNC(=O)c1ccc(F)cc1Cl)N1CCCC1. The number of hydrogen-bond donors (Lipinski definition) is 1. The van der Waals surface area contributed by atoms with Crippen LogP contribution in [-0.4, -0.2) is 36.5 Å². The van der Waals surface area contributed by atoms with Crippen LogP contribution in [0.1, 0.15) is 30.1 Å². The molecule has 0 aromatic heterocycles. The maximum Gasteiger partial charge on any atom is 0.252 e. The summed E-state index contributed by atoms with van der Waals surface area (Å²) in [4.78, 5) is 14.3. The predicted molar refractivity (Wildman–Crippen MR) is 74.0 cm³/mol. The Balaban J connectivity index is 1.90. The van der Waals surface area contributed by atoms with Crippen molar-refractivity contribution in [2.24, 2.45) is 0 Å². The largest absolute Gasteiger partial charge is 0.350 e. The molecule has 1 atom stereocenters. The van der Waals surface area contributed by atoms with Crippen LogP contribution in [0.3, 0.4) is 0 Å². The summed E-state index contributed by atoms with van der Waals surface area (Å²) in [5.41, 5.74) is 0.316. The van der Waals surface area contributed by atoms with E-state index in [0.29, 0.717) is 18.2 Å². The van der Waals surface area contributed by atoms with E-state index in [1.54, 1.807) is 0 Å². The molecule has 2 rings (SSSR count). The predicted octanol–water partition coefficient (Wildman–Crippen LogP) is 2.69. The molecule has 0 saturated carbocycles. The highest BCUT2D eigenvalue weighted by Gasteiger charge is 2.19. The van der Waals surface area contributed by atoms with Gasteiger partial charge in [-0.25, -0.2) is 4.39 Å². The summed E-state index contributed by atoms with van der Waals surface area (Å²) in [6.07, 6.45) is 2.45. The topological polar surface area (TPSA) is 32.3 Å². The van der Waals surface area contributed by atoms with Gasteiger partial charge in [0.15, 0.2) is 0 Å². The van der Waals surface area contributed by atoms with Crippen molar-refractivity contribution >= 4 is 17.5 Å². The molecule has 1 aromatic carbocycles. The van der Waals surface area contributed by atoms with E-state index in [2.05, 4.69) is 17.1 Å². The minimum Gasteiger partial charge on any atom is -0.350 e. The Morgan fingerprint density at radius 3 is 2.79 bits per heavy atom. The van der Waals surface area contributed by atoms with Gasteiger partial charge in [0.05, 0.1) is 10.6 Å². The van der Waals surface area contributed by atoms with Crippen LogP contribution in [0.4, 0.5) is 4.39 Å². The van der Waals surface area contributed by atoms with Crippen LogP contribution in [0.25, 0.3) is 0 Å². The van der Waals surface area contributed by atoms with Crippen LogP contribution < -0.4 is 5.32 Å². The molecule has 3 nitrogen and oxygen atoms in total. The number of nitrogens with zero attached hydrogens (tertiary/aromatic N) is 1. The second-order valence-electron chi connectivity index (χ2n) is 4.93. The first-order valence-corrected chi connectivity index (χ1v) is 6.93. The zero-order valence-corrected chi connectivity index (χ0v) is 11.7. The van der Waals surface area contributed by atoms with Crippen LogP contribution in [0, 0.1) is 5.82 Å². The second-order valence-corrected chi connectivity index (χ2v) is 5.33. The Bertz CT molecular complexity index is 461. The molecule has 5 heteroatoms. The molecule has 1 aliphatic rings. The van der Waals surface area contributed by atoms with Gasteiger partial charge in [-0.3, -0.25) is 9.69 Å². The van der Waals surface area contributed by atoms with E-state index >= 15 is 0 Å². The van der Waals surface area contributed by atoms with Crippen molar-refractivity contribution in [2.75, 3.05) is 19.6 Å². The molecule has 1 saturated heterocycles. The van der Waals surface area contributed by atoms with E-state index in [9.17, 15) is 9.18 Å². The van der Waals surface area contributed by atoms with Gasteiger partial charge in [-0.05, 0) is 51.1 Å². The Labute approximate surface area is 117 Å². The van der Waals surface area contributed by atoms with Crippen molar-refractivity contribution in [2.45, 2.75) is 25.8 Å². The average Bonchev–Trinajstić information content (AvgIpc) is 2.89. The third-order valence-electron chi connectivity index (χ3n) is 3.50. The highest BCUT2D eigenvalue weighted by atomic mass is 35.5. The molecule has 1 heterocycles. The zero-order valence-electron chi connectivity index (χ0n) is 11.0. The lowest BCUT2D eigenvalue weighted by Gasteiger charge is -2.23. The van der Waals surface area contributed by atoms with Crippen molar-refractivity contribution in [3.8, 4) is 0 Å². The number of carbonyl (C=O) groups is 1. The molecule has 1 aromatic rings. The van der Waals surface area contributed by atoms with Gasteiger partial charge in [-0.2, -0.15) is 0 Å². The number of hydrogen-bond acceptors (Lipinski definition) is 2. The Hall–Kier alpha value is -1.13. The molecule has 19 heavy (non-hydrogen) atoms. The summed E-state index contributed by atoms with van der Waals surface area (Å²) < 4.78 is 12.9. The van der Waals surface area contributed by atoms with E-state index in [4.69, 9.17) is 11.6 Å². The summed E-state index contributed by atoms with van der Waals surface area (Å²) in [6, 6.07) is 4.11. The van der Waals surface area contributed by atoms with Crippen LogP contribution in [0.15, 0.2) is 18.2 Å². The van der Waals surface area contributed by atoms with Crippen molar-refractivity contribution in [3.63, 3.8) is 0 Å². The summed E-state index contributed by atoms with van der Waals surface area (Å²) in [7, 11) is 0. The first-order chi connectivity index (χ1) is 9.08. The van der Waals surface area contributed by atoms with Crippen LogP contribution in [0.5, 0.6) is 0 Å². The van der Waals surface area contributed by atoms with Gasteiger partial charge in [-0.1, -0.05) is 11.6 Å². The summed E-state index contributed by atoms with van der Waals surface area (Å²) >= 11 is 5.86. The van der Waals surface area contributed by atoms with Crippen molar-refractivity contribution in [3.05, 3.63) is 34.6 Å². The van der Waals surface area contributed by atoms with Gasteiger partial charge in [-0.15, -0.1) is 0 Å². The van der Waals surface area contributed by atoms with Crippen molar-refractivity contribution in [1.82, 2.24) is 10.2 Å². The fourth-order valence-electron chi connectivity index (χ4n) is 2.32. The standard InChI is InChI=1S/C14H18ClFN2O/c1-10(18-6-2-3-7-18)9-17-14(19)12-5-4-11(16)8-13(12)15/h4-5,8,10H,2-3,6-7,9H2,1H3,(H,17,19). The van der Waals surface area contributed by atoms with Gasteiger partial charge in [0.1, 0.15) is 5.82 Å². The first-order valence-electron chi connectivity index (χ1n) is 6.55. The van der Waals surface area contributed by atoms with E-state index in [-0.39, 0.29) is 10.9 Å². The lowest BCUT2D eigenvalue weighted by Crippen LogP contribution is -2.40. The molecule has 104 valence electrons. The van der Waals surface area contributed by atoms with Gasteiger partial charge >= 0.3 is 0 Å². The van der Waals surface area contributed by atoms with Crippen LogP contribution in [-0.2, 0) is 0 Å². The molecular formula is C14H18ClFN2O. The fraction of sp³-hybridized carbons (Fsp3) is 0.500. The van der Waals surface area contributed by atoms with E-state index < -0.39 is 5.82 Å². The van der Waals surface area contributed by atoms with Gasteiger partial charge < -0.3 is 5.32 Å². The first kappa shape index (κ1) is 14.3. The number of likely N-dealkylation sites (tertiary alicyclic amines) is 1. The third-order valence-corrected chi connectivity index (χ3v) is 3.81. The third kappa shape index (κ3) is 3.67. The molecule has 1 fully saturated rings. The highest BCUT2D eigenvalue weighted by molar-refractivity contribution is 6.33. The Morgan fingerprint density at radius 2 is 2.16 bits per heavy atom. The van der Waals surface area contributed by atoms with Crippen molar-refractivity contribution in [1.29, 1.82) is 0 Å². The van der Waals surface area contributed by atoms with Gasteiger partial charge in [0, 0.05) is 12.6 Å². The normalized spacial score (nSPS) is 17.4. The average molecular weight is 285 g/mol. The maximum atomic E-state index is 12.9. The number of nitrogens with one attached hydrogen (secondary N) is 1. The summed E-state index contributed by atoms with van der Waals surface area (Å²) in [6.45, 7) is 4.85. The quantitative estimate of drug-likeness (QED) is 0.922. The zero-order chi connectivity index (χ0) is 13.8. The van der Waals surface area contributed by atoms with E-state index in [1.165, 1.54) is 25.0 Å². The highest BCUT2D eigenvalue weighted by Crippen LogP contribution is 2.17. The van der Waals surface area contributed by atoms with Crippen LogP contribution in [0.2, 0.25) is 5.02 Å². The molecule has 1 N–H and O–H groups in total. The van der Waals surface area contributed by atoms with Crippen molar-refractivity contribution < 1.29 is 9.18 Å².